The molecule has 2 aromatic rings. The first-order chi connectivity index (χ1) is 12.7. The molecule has 0 bridgehead atoms. The lowest BCUT2D eigenvalue weighted by Crippen LogP contribution is -2.34. The van der Waals surface area contributed by atoms with E-state index in [2.05, 4.69) is 15.3 Å². The first kappa shape index (κ1) is 16.5. The Morgan fingerprint density at radius 1 is 1.12 bits per heavy atom. The first-order valence-corrected chi connectivity index (χ1v) is 8.81. The van der Waals surface area contributed by atoms with Gasteiger partial charge in [-0.15, -0.1) is 0 Å². The van der Waals surface area contributed by atoms with Crippen molar-refractivity contribution in [2.45, 2.75) is 12.8 Å². The average molecular weight is 351 g/mol. The van der Waals surface area contributed by atoms with Crippen LogP contribution in [0.2, 0.25) is 0 Å². The molecule has 1 atom stereocenters. The summed E-state index contributed by atoms with van der Waals surface area (Å²) in [5.41, 5.74) is 0.945. The van der Waals surface area contributed by atoms with Gasteiger partial charge in [0.05, 0.1) is 0 Å². The Bertz CT molecular complexity index is 813. The standard InChI is InChI=1S/C19H21N5O2/c25-14-23-10-7-19(12-23)8-11-24(13-19)18(26)17-20-9-6-16(22-17)21-15-4-2-1-3-5-15/h1-6,9,14H,7-8,10-13H2,(H,20,21,22). The van der Waals surface area contributed by atoms with Crippen LogP contribution in [0.3, 0.4) is 0 Å². The molecule has 134 valence electrons. The normalized spacial score (nSPS) is 22.0. The van der Waals surface area contributed by atoms with Crippen LogP contribution in [-0.2, 0) is 4.79 Å². The maximum Gasteiger partial charge on any atom is 0.291 e. The minimum Gasteiger partial charge on any atom is -0.345 e. The summed E-state index contributed by atoms with van der Waals surface area (Å²) in [6.45, 7) is 2.86. The van der Waals surface area contributed by atoms with E-state index in [4.69, 9.17) is 0 Å². The van der Waals surface area contributed by atoms with Gasteiger partial charge in [0.25, 0.3) is 5.91 Å². The fraction of sp³-hybridized carbons (Fsp3) is 0.368. The second kappa shape index (κ2) is 6.74. The summed E-state index contributed by atoms with van der Waals surface area (Å²) in [4.78, 5) is 36.0. The molecule has 0 saturated carbocycles. The molecule has 0 aliphatic carbocycles. The third kappa shape index (κ3) is 3.24. The largest absolute Gasteiger partial charge is 0.345 e. The molecule has 26 heavy (non-hydrogen) atoms. The lowest BCUT2D eigenvalue weighted by Gasteiger charge is -2.23. The highest BCUT2D eigenvalue weighted by atomic mass is 16.2. The van der Waals surface area contributed by atoms with Gasteiger partial charge in [0.15, 0.2) is 0 Å². The number of aromatic nitrogens is 2. The number of hydrogen-bond acceptors (Lipinski definition) is 5. The lowest BCUT2D eigenvalue weighted by atomic mass is 9.86. The fourth-order valence-corrected chi connectivity index (χ4v) is 3.84. The Labute approximate surface area is 152 Å². The molecule has 1 aromatic carbocycles. The quantitative estimate of drug-likeness (QED) is 0.852. The van der Waals surface area contributed by atoms with Crippen molar-refractivity contribution in [3.05, 3.63) is 48.4 Å². The molecule has 1 N–H and O–H groups in total. The predicted octanol–water partition coefficient (Wildman–Crippen LogP) is 1.91. The van der Waals surface area contributed by atoms with Crippen molar-refractivity contribution in [3.63, 3.8) is 0 Å². The van der Waals surface area contributed by atoms with Crippen molar-refractivity contribution in [2.75, 3.05) is 31.5 Å². The van der Waals surface area contributed by atoms with E-state index in [-0.39, 0.29) is 17.1 Å². The molecule has 2 aliphatic heterocycles. The van der Waals surface area contributed by atoms with Crippen LogP contribution < -0.4 is 5.32 Å². The van der Waals surface area contributed by atoms with E-state index in [1.807, 2.05) is 35.2 Å². The van der Waals surface area contributed by atoms with Gasteiger partial charge in [-0.25, -0.2) is 9.97 Å². The summed E-state index contributed by atoms with van der Waals surface area (Å²) in [5, 5.41) is 3.18. The maximum atomic E-state index is 12.8. The third-order valence-electron chi connectivity index (χ3n) is 5.24. The van der Waals surface area contributed by atoms with E-state index < -0.39 is 0 Å². The number of para-hydroxylation sites is 1. The van der Waals surface area contributed by atoms with Gasteiger partial charge in [-0.3, -0.25) is 9.59 Å². The third-order valence-corrected chi connectivity index (χ3v) is 5.24. The van der Waals surface area contributed by atoms with Gasteiger partial charge in [0.1, 0.15) is 5.82 Å². The van der Waals surface area contributed by atoms with Crippen molar-refractivity contribution >= 4 is 23.8 Å². The molecule has 4 rings (SSSR count). The first-order valence-electron chi connectivity index (χ1n) is 8.81. The van der Waals surface area contributed by atoms with Gasteiger partial charge in [-0.05, 0) is 31.0 Å². The molecule has 2 amide bonds. The van der Waals surface area contributed by atoms with E-state index >= 15 is 0 Å². The van der Waals surface area contributed by atoms with E-state index in [0.717, 1.165) is 38.0 Å². The number of amides is 2. The average Bonchev–Trinajstić information content (AvgIpc) is 3.29. The number of nitrogens with one attached hydrogen (secondary N) is 1. The van der Waals surface area contributed by atoms with Gasteiger partial charge >= 0.3 is 0 Å². The smallest absolute Gasteiger partial charge is 0.291 e. The molecule has 2 saturated heterocycles. The second-order valence-corrected chi connectivity index (χ2v) is 7.06. The van der Waals surface area contributed by atoms with Gasteiger partial charge < -0.3 is 15.1 Å². The summed E-state index contributed by atoms with van der Waals surface area (Å²) in [5.74, 6) is 0.646. The van der Waals surface area contributed by atoms with E-state index in [1.165, 1.54) is 0 Å². The zero-order valence-corrected chi connectivity index (χ0v) is 14.5. The Balaban J connectivity index is 1.45. The second-order valence-electron chi connectivity index (χ2n) is 7.06. The van der Waals surface area contributed by atoms with Gasteiger partial charge in [-0.1, -0.05) is 18.2 Å². The summed E-state index contributed by atoms with van der Waals surface area (Å²) < 4.78 is 0. The van der Waals surface area contributed by atoms with Gasteiger partial charge in [-0.2, -0.15) is 0 Å². The van der Waals surface area contributed by atoms with Crippen LogP contribution in [0, 0.1) is 5.41 Å². The topological polar surface area (TPSA) is 78.4 Å². The van der Waals surface area contributed by atoms with Crippen LogP contribution in [0.1, 0.15) is 23.5 Å². The number of carbonyl (C=O) groups excluding carboxylic acids is 2. The molecule has 2 aliphatic rings. The number of hydrogen-bond donors (Lipinski definition) is 1. The number of carbonyl (C=O) groups is 2. The van der Waals surface area contributed by atoms with Crippen LogP contribution in [0.25, 0.3) is 0 Å². The molecule has 1 spiro atoms. The Morgan fingerprint density at radius 3 is 2.69 bits per heavy atom. The van der Waals surface area contributed by atoms with Crippen LogP contribution in [0.5, 0.6) is 0 Å². The molecule has 7 nitrogen and oxygen atoms in total. The maximum absolute atomic E-state index is 12.8. The summed E-state index contributed by atoms with van der Waals surface area (Å²) in [6.07, 6.45) is 4.37. The summed E-state index contributed by atoms with van der Waals surface area (Å²) in [6, 6.07) is 11.4. The molecule has 3 heterocycles. The molecule has 1 unspecified atom stereocenters. The van der Waals surface area contributed by atoms with Crippen LogP contribution in [-0.4, -0.2) is 58.3 Å². The van der Waals surface area contributed by atoms with Crippen molar-refractivity contribution < 1.29 is 9.59 Å². The highest BCUT2D eigenvalue weighted by Crippen LogP contribution is 2.39. The van der Waals surface area contributed by atoms with Gasteiger partial charge in [0.2, 0.25) is 12.2 Å². The van der Waals surface area contributed by atoms with Crippen molar-refractivity contribution in [1.29, 1.82) is 0 Å². The lowest BCUT2D eigenvalue weighted by molar-refractivity contribution is -0.117. The Kier molecular flexibility index (Phi) is 4.28. The van der Waals surface area contributed by atoms with Gasteiger partial charge in [0, 0.05) is 43.5 Å². The molecular weight excluding hydrogens is 330 g/mol. The van der Waals surface area contributed by atoms with Crippen LogP contribution >= 0.6 is 0 Å². The molecule has 1 aromatic heterocycles. The van der Waals surface area contributed by atoms with Crippen molar-refractivity contribution in [3.8, 4) is 0 Å². The molecule has 0 radical (unpaired) electrons. The minimum absolute atomic E-state index is 0.0382. The summed E-state index contributed by atoms with van der Waals surface area (Å²) >= 11 is 0. The monoisotopic (exact) mass is 351 g/mol. The highest BCUT2D eigenvalue weighted by Gasteiger charge is 2.45. The number of nitrogens with zero attached hydrogens (tertiary/aromatic N) is 4. The van der Waals surface area contributed by atoms with E-state index in [1.54, 1.807) is 17.2 Å². The van der Waals surface area contributed by atoms with Crippen molar-refractivity contribution in [1.82, 2.24) is 19.8 Å². The van der Waals surface area contributed by atoms with Crippen molar-refractivity contribution in [2.24, 2.45) is 5.41 Å². The highest BCUT2D eigenvalue weighted by molar-refractivity contribution is 5.91. The number of benzene rings is 1. The minimum atomic E-state index is -0.150. The van der Waals surface area contributed by atoms with Crippen LogP contribution in [0.4, 0.5) is 11.5 Å². The van der Waals surface area contributed by atoms with Crippen LogP contribution in [0.15, 0.2) is 42.6 Å². The fourth-order valence-electron chi connectivity index (χ4n) is 3.84. The molecule has 2 fully saturated rings. The molecular formula is C19H21N5O2. The predicted molar refractivity (Wildman–Crippen MR) is 97.0 cm³/mol. The molecule has 7 heteroatoms. The zero-order valence-electron chi connectivity index (χ0n) is 14.5. The number of likely N-dealkylation sites (tertiary alicyclic amines) is 2. The SMILES string of the molecule is O=CN1CCC2(CCN(C(=O)c3nccc(Nc4ccccc4)n3)C2)C1. The van der Waals surface area contributed by atoms with E-state index in [9.17, 15) is 9.59 Å². The number of rotatable bonds is 4. The Hall–Kier alpha value is -2.96. The van der Waals surface area contributed by atoms with E-state index in [0.29, 0.717) is 18.9 Å². The zero-order chi connectivity index (χ0) is 18.0. The number of anilines is 2. The Morgan fingerprint density at radius 2 is 1.92 bits per heavy atom. The summed E-state index contributed by atoms with van der Waals surface area (Å²) in [7, 11) is 0.